The van der Waals surface area contributed by atoms with E-state index in [1.54, 1.807) is 0 Å². The maximum absolute atomic E-state index is 13.7. The van der Waals surface area contributed by atoms with Gasteiger partial charge in [0.1, 0.15) is 11.9 Å². The SMILES string of the molecule is O=C(O)CCC(NC(=O)NC(C(=O)O)c1ccccc1F)C(=O)O. The van der Waals surface area contributed by atoms with Gasteiger partial charge in [-0.15, -0.1) is 0 Å². The fourth-order valence-electron chi connectivity index (χ4n) is 1.84. The average molecular weight is 342 g/mol. The highest BCUT2D eigenvalue weighted by atomic mass is 19.1. The van der Waals surface area contributed by atoms with Crippen molar-refractivity contribution in [2.24, 2.45) is 0 Å². The van der Waals surface area contributed by atoms with Gasteiger partial charge in [0, 0.05) is 12.0 Å². The largest absolute Gasteiger partial charge is 0.481 e. The number of carbonyl (C=O) groups excluding carboxylic acids is 1. The second kappa shape index (κ2) is 8.46. The zero-order chi connectivity index (χ0) is 18.3. The van der Waals surface area contributed by atoms with Gasteiger partial charge in [-0.1, -0.05) is 18.2 Å². The molecule has 0 aliphatic heterocycles. The lowest BCUT2D eigenvalue weighted by Gasteiger charge is -2.18. The van der Waals surface area contributed by atoms with Gasteiger partial charge in [0.2, 0.25) is 0 Å². The first-order chi connectivity index (χ1) is 11.2. The van der Waals surface area contributed by atoms with Gasteiger partial charge in [0.05, 0.1) is 0 Å². The molecule has 0 fully saturated rings. The monoisotopic (exact) mass is 342 g/mol. The zero-order valence-corrected chi connectivity index (χ0v) is 12.2. The molecule has 2 atom stereocenters. The van der Waals surface area contributed by atoms with Crippen molar-refractivity contribution in [2.45, 2.75) is 24.9 Å². The highest BCUT2D eigenvalue weighted by Gasteiger charge is 2.27. The Bertz CT molecular complexity index is 650. The summed E-state index contributed by atoms with van der Waals surface area (Å²) in [6.07, 6.45) is -0.900. The van der Waals surface area contributed by atoms with Gasteiger partial charge in [0.25, 0.3) is 0 Å². The summed E-state index contributed by atoms with van der Waals surface area (Å²) in [6.45, 7) is 0. The summed E-state index contributed by atoms with van der Waals surface area (Å²) >= 11 is 0. The Hall–Kier alpha value is -3.17. The summed E-state index contributed by atoms with van der Waals surface area (Å²) in [7, 11) is 0. The van der Waals surface area contributed by atoms with Crippen molar-refractivity contribution in [3.05, 3.63) is 35.6 Å². The molecule has 130 valence electrons. The van der Waals surface area contributed by atoms with Crippen LogP contribution in [-0.2, 0) is 14.4 Å². The number of rotatable bonds is 8. The number of halogens is 1. The molecular weight excluding hydrogens is 327 g/mol. The number of hydrogen-bond acceptors (Lipinski definition) is 4. The lowest BCUT2D eigenvalue weighted by Crippen LogP contribution is -2.48. The number of aliphatic carboxylic acids is 3. The number of benzene rings is 1. The van der Waals surface area contributed by atoms with Crippen LogP contribution in [0.15, 0.2) is 24.3 Å². The molecule has 0 saturated carbocycles. The summed E-state index contributed by atoms with van der Waals surface area (Å²) in [4.78, 5) is 44.4. The minimum Gasteiger partial charge on any atom is -0.481 e. The van der Waals surface area contributed by atoms with Gasteiger partial charge >= 0.3 is 23.9 Å². The van der Waals surface area contributed by atoms with Crippen LogP contribution in [-0.4, -0.2) is 45.3 Å². The molecule has 0 heterocycles. The molecule has 0 bridgehead atoms. The van der Waals surface area contributed by atoms with Gasteiger partial charge in [0.15, 0.2) is 6.04 Å². The molecule has 10 heteroatoms. The molecule has 0 aliphatic rings. The molecule has 0 aliphatic carbocycles. The van der Waals surface area contributed by atoms with Gasteiger partial charge in [-0.05, 0) is 12.5 Å². The van der Waals surface area contributed by atoms with Gasteiger partial charge < -0.3 is 26.0 Å². The van der Waals surface area contributed by atoms with Crippen molar-refractivity contribution >= 4 is 23.9 Å². The van der Waals surface area contributed by atoms with Crippen molar-refractivity contribution in [2.75, 3.05) is 0 Å². The number of carboxylic acid groups (broad SMARTS) is 3. The molecule has 24 heavy (non-hydrogen) atoms. The van der Waals surface area contributed by atoms with Gasteiger partial charge in [-0.3, -0.25) is 4.79 Å². The quantitative estimate of drug-likeness (QED) is 0.463. The Kier molecular flexibility index (Phi) is 6.65. The standard InChI is InChI=1S/C14H15FN2O7/c15-8-4-2-1-3-7(8)11(13(22)23)17-14(24)16-9(12(20)21)5-6-10(18)19/h1-4,9,11H,5-6H2,(H,18,19)(H,20,21)(H,22,23)(H2,16,17,24). The van der Waals surface area contributed by atoms with E-state index in [1.165, 1.54) is 12.1 Å². The van der Waals surface area contributed by atoms with Gasteiger partial charge in [-0.2, -0.15) is 0 Å². The molecule has 0 spiro atoms. The molecule has 2 unspecified atom stereocenters. The molecule has 2 amide bonds. The molecule has 1 rings (SSSR count). The smallest absolute Gasteiger partial charge is 0.331 e. The van der Waals surface area contributed by atoms with E-state index >= 15 is 0 Å². The topological polar surface area (TPSA) is 153 Å². The van der Waals surface area contributed by atoms with Crippen molar-refractivity contribution in [3.63, 3.8) is 0 Å². The van der Waals surface area contributed by atoms with Crippen LogP contribution in [0.2, 0.25) is 0 Å². The van der Waals surface area contributed by atoms with Crippen LogP contribution in [0.5, 0.6) is 0 Å². The minimum absolute atomic E-state index is 0.308. The lowest BCUT2D eigenvalue weighted by molar-refractivity contribution is -0.140. The molecule has 0 saturated heterocycles. The van der Waals surface area contributed by atoms with E-state index in [-0.39, 0.29) is 5.56 Å². The third kappa shape index (κ3) is 5.55. The lowest BCUT2D eigenvalue weighted by atomic mass is 10.1. The Balaban J connectivity index is 2.81. The summed E-state index contributed by atoms with van der Waals surface area (Å²) < 4.78 is 13.7. The van der Waals surface area contributed by atoms with Crippen molar-refractivity contribution in [3.8, 4) is 0 Å². The Morgan fingerprint density at radius 1 is 1.00 bits per heavy atom. The Morgan fingerprint density at radius 3 is 2.12 bits per heavy atom. The zero-order valence-electron chi connectivity index (χ0n) is 12.2. The van der Waals surface area contributed by atoms with Crippen LogP contribution in [0.4, 0.5) is 9.18 Å². The predicted octanol–water partition coefficient (Wildman–Crippen LogP) is 0.569. The number of carboxylic acids is 3. The molecule has 0 radical (unpaired) electrons. The summed E-state index contributed by atoms with van der Waals surface area (Å²) in [5, 5.41) is 30.5. The first-order valence-electron chi connectivity index (χ1n) is 6.71. The maximum atomic E-state index is 13.7. The highest BCUT2D eigenvalue weighted by molar-refractivity contribution is 5.87. The second-order valence-corrected chi connectivity index (χ2v) is 4.73. The number of nitrogens with one attached hydrogen (secondary N) is 2. The van der Waals surface area contributed by atoms with E-state index < -0.39 is 54.7 Å². The molecule has 0 aromatic heterocycles. The van der Waals surface area contributed by atoms with Crippen LogP contribution in [0.1, 0.15) is 24.4 Å². The fourth-order valence-corrected chi connectivity index (χ4v) is 1.84. The third-order valence-electron chi connectivity index (χ3n) is 2.99. The summed E-state index contributed by atoms with van der Waals surface area (Å²) in [6, 6.07) is 0.441. The minimum atomic E-state index is -1.74. The number of carbonyl (C=O) groups is 4. The van der Waals surface area contributed by atoms with Crippen molar-refractivity contribution in [1.29, 1.82) is 0 Å². The predicted molar refractivity (Wildman–Crippen MR) is 76.7 cm³/mol. The Labute approximate surface area is 135 Å². The molecule has 5 N–H and O–H groups in total. The molecule has 9 nitrogen and oxygen atoms in total. The Morgan fingerprint density at radius 2 is 1.62 bits per heavy atom. The van der Waals surface area contributed by atoms with E-state index in [4.69, 9.17) is 15.3 Å². The number of urea groups is 1. The average Bonchev–Trinajstić information content (AvgIpc) is 2.49. The second-order valence-electron chi connectivity index (χ2n) is 4.73. The van der Waals surface area contributed by atoms with E-state index in [0.29, 0.717) is 0 Å². The van der Waals surface area contributed by atoms with E-state index in [2.05, 4.69) is 0 Å². The molecule has 1 aromatic carbocycles. The first-order valence-corrected chi connectivity index (χ1v) is 6.71. The molecule has 1 aromatic rings. The fraction of sp³-hybridized carbons (Fsp3) is 0.286. The first kappa shape index (κ1) is 18.9. The third-order valence-corrected chi connectivity index (χ3v) is 2.99. The van der Waals surface area contributed by atoms with Crippen LogP contribution in [0, 0.1) is 5.82 Å². The summed E-state index contributed by atoms with van der Waals surface area (Å²) in [5.41, 5.74) is -0.308. The maximum Gasteiger partial charge on any atom is 0.331 e. The van der Waals surface area contributed by atoms with E-state index in [9.17, 15) is 23.6 Å². The van der Waals surface area contributed by atoms with Crippen LogP contribution < -0.4 is 10.6 Å². The van der Waals surface area contributed by atoms with E-state index in [1.807, 2.05) is 10.6 Å². The normalized spacial score (nSPS) is 12.7. The van der Waals surface area contributed by atoms with E-state index in [0.717, 1.165) is 12.1 Å². The highest BCUT2D eigenvalue weighted by Crippen LogP contribution is 2.17. The number of hydrogen-bond donors (Lipinski definition) is 5. The van der Waals surface area contributed by atoms with Crippen LogP contribution in [0.25, 0.3) is 0 Å². The van der Waals surface area contributed by atoms with Crippen LogP contribution >= 0.6 is 0 Å². The van der Waals surface area contributed by atoms with Crippen molar-refractivity contribution in [1.82, 2.24) is 10.6 Å². The van der Waals surface area contributed by atoms with Crippen LogP contribution in [0.3, 0.4) is 0 Å². The number of amides is 2. The van der Waals surface area contributed by atoms with Gasteiger partial charge in [-0.25, -0.2) is 18.8 Å². The van der Waals surface area contributed by atoms with Crippen molar-refractivity contribution < 1.29 is 38.9 Å². The summed E-state index contributed by atoms with van der Waals surface area (Å²) in [5.74, 6) is -5.14. The molecular formula is C14H15FN2O7.